The third kappa shape index (κ3) is 7.68. The van der Waals surface area contributed by atoms with Gasteiger partial charge in [-0.25, -0.2) is 9.59 Å². The van der Waals surface area contributed by atoms with Crippen LogP contribution >= 0.6 is 0 Å². The third-order valence-electron chi connectivity index (χ3n) is 10.8. The Bertz CT molecular complexity index is 1230. The molecule has 5 amide bonds. The summed E-state index contributed by atoms with van der Waals surface area (Å²) in [6, 6.07) is -4.59. The van der Waals surface area contributed by atoms with Crippen molar-refractivity contribution in [3.05, 3.63) is 0 Å². The summed E-state index contributed by atoms with van der Waals surface area (Å²) in [5.74, 6) is -3.22. The minimum Gasteiger partial charge on any atom is -0.461 e. The molecule has 0 aromatic carbocycles. The summed E-state index contributed by atoms with van der Waals surface area (Å²) in [6.07, 6.45) is 6.64. The summed E-state index contributed by atoms with van der Waals surface area (Å²) in [7, 11) is 0. The van der Waals surface area contributed by atoms with Gasteiger partial charge in [0.15, 0.2) is 0 Å². The van der Waals surface area contributed by atoms with Gasteiger partial charge < -0.3 is 31.3 Å². The van der Waals surface area contributed by atoms with Crippen molar-refractivity contribution in [3.8, 4) is 0 Å². The highest BCUT2D eigenvalue weighted by Gasteiger charge is 2.70. The number of fused-ring (bicyclic) bond motifs is 1. The number of nitrogens with two attached hydrogens (primary N) is 1. The van der Waals surface area contributed by atoms with Gasteiger partial charge in [0.2, 0.25) is 17.6 Å². The van der Waals surface area contributed by atoms with Crippen molar-refractivity contribution in [2.45, 2.75) is 137 Å². The summed E-state index contributed by atoms with van der Waals surface area (Å²) >= 11 is 0. The number of nitrogens with zero attached hydrogens (tertiary/aromatic N) is 1. The van der Waals surface area contributed by atoms with Crippen molar-refractivity contribution >= 4 is 35.5 Å². The number of rotatable bonds is 11. The lowest BCUT2D eigenvalue weighted by atomic mass is 9.80. The van der Waals surface area contributed by atoms with Crippen LogP contribution in [-0.2, 0) is 28.7 Å². The predicted octanol–water partition coefficient (Wildman–Crippen LogP) is 2.81. The van der Waals surface area contributed by atoms with Crippen molar-refractivity contribution < 1.29 is 33.5 Å². The molecule has 1 saturated heterocycles. The van der Waals surface area contributed by atoms with E-state index in [0.29, 0.717) is 13.0 Å². The normalized spacial score (nSPS) is 26.2. The van der Waals surface area contributed by atoms with Crippen LogP contribution in [0.5, 0.6) is 0 Å². The molecule has 46 heavy (non-hydrogen) atoms. The molecule has 0 spiro atoms. The number of amides is 5. The second kappa shape index (κ2) is 13.1. The van der Waals surface area contributed by atoms with Crippen LogP contribution in [0.2, 0.25) is 0 Å². The molecular weight excluding hydrogens is 590 g/mol. The Kier molecular flexibility index (Phi) is 10.2. The van der Waals surface area contributed by atoms with Gasteiger partial charge in [-0.1, -0.05) is 74.7 Å². The maximum Gasteiger partial charge on any atom is 0.329 e. The maximum absolute atomic E-state index is 14.3. The fourth-order valence-corrected chi connectivity index (χ4v) is 7.52. The van der Waals surface area contributed by atoms with E-state index in [9.17, 15) is 28.8 Å². The molecule has 1 aliphatic heterocycles. The van der Waals surface area contributed by atoms with Gasteiger partial charge in [0.25, 0.3) is 5.91 Å². The summed E-state index contributed by atoms with van der Waals surface area (Å²) in [6.45, 7) is 15.4. The highest BCUT2D eigenvalue weighted by Crippen LogP contribution is 2.65. The lowest BCUT2D eigenvalue weighted by molar-refractivity contribution is -0.154. The SMILES string of the molecule is CC(C)(C)[C@H](NC(=O)N[C@H](C(=O)N1C[C@H]2[C@@H]([C@H]1C(=O)NC(CC1CCC1)C(=O)C(N)=O)C2(C)C)C(C)(C)C)C(=O)OC1CCCC1. The van der Waals surface area contributed by atoms with Crippen LogP contribution in [0, 0.1) is 34.0 Å². The van der Waals surface area contributed by atoms with E-state index >= 15 is 0 Å². The molecule has 0 aromatic heterocycles. The molecule has 3 aliphatic carbocycles. The largest absolute Gasteiger partial charge is 0.461 e. The molecule has 3 saturated carbocycles. The zero-order chi connectivity index (χ0) is 34.4. The summed E-state index contributed by atoms with van der Waals surface area (Å²) in [5.41, 5.74) is 3.72. The highest BCUT2D eigenvalue weighted by atomic mass is 16.5. The molecule has 4 rings (SSSR count). The summed E-state index contributed by atoms with van der Waals surface area (Å²) in [4.78, 5) is 80.9. The molecule has 0 radical (unpaired) electrons. The molecule has 0 bridgehead atoms. The van der Waals surface area contributed by atoms with Crippen molar-refractivity contribution in [1.29, 1.82) is 0 Å². The van der Waals surface area contributed by atoms with Crippen LogP contribution in [0.3, 0.4) is 0 Å². The van der Waals surface area contributed by atoms with E-state index in [2.05, 4.69) is 29.8 Å². The van der Waals surface area contributed by atoms with Crippen molar-refractivity contribution in [2.75, 3.05) is 6.54 Å². The number of esters is 1. The van der Waals surface area contributed by atoms with E-state index in [1.54, 1.807) is 0 Å². The number of carbonyl (C=O) groups excluding carboxylic acids is 6. The number of carbonyl (C=O) groups is 6. The molecule has 1 heterocycles. The van der Waals surface area contributed by atoms with Crippen molar-refractivity contribution in [2.24, 2.45) is 39.7 Å². The molecule has 0 aromatic rings. The van der Waals surface area contributed by atoms with Crippen LogP contribution in [0.25, 0.3) is 0 Å². The number of likely N-dealkylation sites (tertiary alicyclic amines) is 1. The fraction of sp³-hybridized carbons (Fsp3) is 0.824. The lowest BCUT2D eigenvalue weighted by Crippen LogP contribution is -2.63. The van der Waals surface area contributed by atoms with Crippen LogP contribution in [0.1, 0.15) is 107 Å². The van der Waals surface area contributed by atoms with E-state index in [0.717, 1.165) is 44.9 Å². The number of ether oxygens (including phenoxy) is 1. The Labute approximate surface area is 273 Å². The first-order valence-corrected chi connectivity index (χ1v) is 17.0. The number of primary amides is 1. The Morgan fingerprint density at radius 2 is 1.41 bits per heavy atom. The van der Waals surface area contributed by atoms with Crippen LogP contribution in [0.15, 0.2) is 0 Å². The van der Waals surface area contributed by atoms with Crippen molar-refractivity contribution in [3.63, 3.8) is 0 Å². The van der Waals surface area contributed by atoms with E-state index in [-0.39, 0.29) is 29.3 Å². The minimum absolute atomic E-state index is 0.0641. The van der Waals surface area contributed by atoms with Gasteiger partial charge in [-0.05, 0) is 66.1 Å². The molecule has 5 N–H and O–H groups in total. The lowest BCUT2D eigenvalue weighted by Gasteiger charge is -2.38. The van der Waals surface area contributed by atoms with Crippen LogP contribution in [0.4, 0.5) is 4.79 Å². The van der Waals surface area contributed by atoms with Gasteiger partial charge >= 0.3 is 12.0 Å². The number of piperidine rings is 1. The number of urea groups is 1. The van der Waals surface area contributed by atoms with E-state index in [1.807, 2.05) is 41.5 Å². The maximum atomic E-state index is 14.3. The molecule has 4 fully saturated rings. The summed E-state index contributed by atoms with van der Waals surface area (Å²) in [5, 5.41) is 8.37. The van der Waals surface area contributed by atoms with E-state index < -0.39 is 70.5 Å². The van der Waals surface area contributed by atoms with E-state index in [1.165, 1.54) is 4.90 Å². The number of hydrogen-bond donors (Lipinski definition) is 4. The predicted molar refractivity (Wildman–Crippen MR) is 171 cm³/mol. The molecule has 12 heteroatoms. The van der Waals surface area contributed by atoms with Gasteiger partial charge in [-0.15, -0.1) is 0 Å². The number of nitrogens with one attached hydrogen (secondary N) is 3. The standard InChI is InChI=1S/C34H55N5O7/c1-32(2,3)25(37-31(45)38-26(33(4,5)6)30(44)46-19-14-9-10-15-19)29(43)39-17-20-22(34(20,7)8)23(39)28(42)36-21(24(40)27(35)41)16-18-12-11-13-18/h18-23,25-26H,9-17H2,1-8H3,(H2,35,41)(H,36,42)(H2,37,38,45)/t20-,21?,22-,23-,25+,26+/m0/s1. The van der Waals surface area contributed by atoms with Gasteiger partial charge in [0.05, 0.1) is 6.04 Å². The smallest absolute Gasteiger partial charge is 0.329 e. The number of Topliss-reactive ketones (excluding diaryl/α,β-unsaturated/α-hetero) is 1. The van der Waals surface area contributed by atoms with Gasteiger partial charge in [-0.2, -0.15) is 0 Å². The fourth-order valence-electron chi connectivity index (χ4n) is 7.52. The highest BCUT2D eigenvalue weighted by molar-refractivity contribution is 6.37. The quantitative estimate of drug-likeness (QED) is 0.197. The Balaban J connectivity index is 1.51. The molecule has 6 atom stereocenters. The average molecular weight is 646 g/mol. The second-order valence-electron chi connectivity index (χ2n) is 16.8. The third-order valence-corrected chi connectivity index (χ3v) is 10.8. The Morgan fingerprint density at radius 3 is 1.91 bits per heavy atom. The molecular formula is C34H55N5O7. The number of hydrogen-bond acceptors (Lipinski definition) is 7. The first-order chi connectivity index (χ1) is 21.2. The first kappa shape index (κ1) is 35.7. The first-order valence-electron chi connectivity index (χ1n) is 17.0. The van der Waals surface area contributed by atoms with Gasteiger partial charge in [0, 0.05) is 6.54 Å². The van der Waals surface area contributed by atoms with Crippen LogP contribution in [-0.4, -0.2) is 77.2 Å². The monoisotopic (exact) mass is 645 g/mol. The Hall–Kier alpha value is -3.18. The van der Waals surface area contributed by atoms with Gasteiger partial charge in [0.1, 0.15) is 24.2 Å². The van der Waals surface area contributed by atoms with Crippen molar-refractivity contribution in [1.82, 2.24) is 20.9 Å². The zero-order valence-electron chi connectivity index (χ0n) is 28.9. The second-order valence-corrected chi connectivity index (χ2v) is 16.8. The van der Waals surface area contributed by atoms with Crippen LogP contribution < -0.4 is 21.7 Å². The average Bonchev–Trinajstić information content (AvgIpc) is 3.34. The summed E-state index contributed by atoms with van der Waals surface area (Å²) < 4.78 is 5.72. The molecule has 4 aliphatic rings. The molecule has 12 nitrogen and oxygen atoms in total. The molecule has 258 valence electrons. The zero-order valence-corrected chi connectivity index (χ0v) is 28.9. The number of ketones is 1. The topological polar surface area (TPSA) is 177 Å². The van der Waals surface area contributed by atoms with E-state index in [4.69, 9.17) is 10.5 Å². The minimum atomic E-state index is -1.10. The van der Waals surface area contributed by atoms with Gasteiger partial charge in [-0.3, -0.25) is 19.2 Å². The Morgan fingerprint density at radius 1 is 0.848 bits per heavy atom. The molecule has 1 unspecified atom stereocenters.